The summed E-state index contributed by atoms with van der Waals surface area (Å²) in [5.41, 5.74) is 0.301. The van der Waals surface area contributed by atoms with Crippen molar-refractivity contribution >= 4 is 12.0 Å². The standard InChI is InChI=1S/C15H26N2O3/c1-2-7-15(8-9-15)11-16-14(20)17-10-5-3-4-6-12(17)13(18)19/h12H,2-11H2,1H3,(H,16,20)(H,18,19). The van der Waals surface area contributed by atoms with Crippen LogP contribution < -0.4 is 5.32 Å². The minimum Gasteiger partial charge on any atom is -0.480 e. The summed E-state index contributed by atoms with van der Waals surface area (Å²) in [5, 5.41) is 12.3. The van der Waals surface area contributed by atoms with E-state index in [9.17, 15) is 14.7 Å². The fraction of sp³-hybridized carbons (Fsp3) is 0.867. The molecule has 0 aromatic heterocycles. The van der Waals surface area contributed by atoms with Crippen LogP contribution in [0.2, 0.25) is 0 Å². The number of carboxylic acid groups (broad SMARTS) is 1. The number of urea groups is 1. The first-order chi connectivity index (χ1) is 9.58. The monoisotopic (exact) mass is 282 g/mol. The van der Waals surface area contributed by atoms with Gasteiger partial charge in [-0.3, -0.25) is 0 Å². The van der Waals surface area contributed by atoms with Crippen molar-refractivity contribution in [2.75, 3.05) is 13.1 Å². The molecule has 114 valence electrons. The summed E-state index contributed by atoms with van der Waals surface area (Å²) in [4.78, 5) is 25.1. The van der Waals surface area contributed by atoms with Crippen molar-refractivity contribution in [3.05, 3.63) is 0 Å². The number of nitrogens with zero attached hydrogens (tertiary/aromatic N) is 1. The van der Waals surface area contributed by atoms with Crippen LogP contribution in [-0.4, -0.2) is 41.1 Å². The molecule has 1 atom stereocenters. The van der Waals surface area contributed by atoms with Gasteiger partial charge in [0.15, 0.2) is 0 Å². The highest BCUT2D eigenvalue weighted by molar-refractivity contribution is 5.82. The molecule has 0 spiro atoms. The number of carbonyl (C=O) groups is 2. The zero-order valence-corrected chi connectivity index (χ0v) is 12.4. The summed E-state index contributed by atoms with van der Waals surface area (Å²) in [6.45, 7) is 3.42. The van der Waals surface area contributed by atoms with E-state index in [1.165, 1.54) is 17.7 Å². The fourth-order valence-corrected chi connectivity index (χ4v) is 3.20. The Hall–Kier alpha value is -1.26. The molecule has 2 rings (SSSR count). The average Bonchev–Trinajstić information content (AvgIpc) is 3.19. The summed E-state index contributed by atoms with van der Waals surface area (Å²) in [5.74, 6) is -0.878. The summed E-state index contributed by atoms with van der Waals surface area (Å²) in [6.07, 6.45) is 8.02. The molecule has 2 aliphatic rings. The normalized spacial score (nSPS) is 24.9. The first-order valence-electron chi connectivity index (χ1n) is 7.85. The van der Waals surface area contributed by atoms with Crippen LogP contribution in [0.4, 0.5) is 4.79 Å². The smallest absolute Gasteiger partial charge is 0.326 e. The van der Waals surface area contributed by atoms with E-state index in [2.05, 4.69) is 12.2 Å². The molecule has 2 amide bonds. The number of carbonyl (C=O) groups excluding carboxylic acids is 1. The summed E-state index contributed by atoms with van der Waals surface area (Å²) in [6, 6.07) is -0.847. The highest BCUT2D eigenvalue weighted by atomic mass is 16.4. The number of hydrogen-bond acceptors (Lipinski definition) is 2. The Labute approximate surface area is 120 Å². The van der Waals surface area contributed by atoms with Crippen LogP contribution in [0.1, 0.15) is 58.3 Å². The van der Waals surface area contributed by atoms with Gasteiger partial charge in [0.2, 0.25) is 0 Å². The number of hydrogen-bond donors (Lipinski definition) is 2. The second-order valence-corrected chi connectivity index (χ2v) is 6.31. The molecule has 0 radical (unpaired) electrons. The number of aliphatic carboxylic acids is 1. The Balaban J connectivity index is 1.90. The lowest BCUT2D eigenvalue weighted by molar-refractivity contribution is -0.142. The van der Waals surface area contributed by atoms with Gasteiger partial charge in [0.25, 0.3) is 0 Å². The topological polar surface area (TPSA) is 69.6 Å². The van der Waals surface area contributed by atoms with Crippen molar-refractivity contribution < 1.29 is 14.7 Å². The minimum absolute atomic E-state index is 0.193. The number of amides is 2. The van der Waals surface area contributed by atoms with Gasteiger partial charge in [-0.2, -0.15) is 0 Å². The van der Waals surface area contributed by atoms with E-state index in [-0.39, 0.29) is 6.03 Å². The molecular formula is C15H26N2O3. The quantitative estimate of drug-likeness (QED) is 0.814. The van der Waals surface area contributed by atoms with Crippen molar-refractivity contribution in [2.45, 2.75) is 64.3 Å². The number of carboxylic acids is 1. The molecular weight excluding hydrogens is 256 g/mol. The maximum absolute atomic E-state index is 12.3. The van der Waals surface area contributed by atoms with Crippen LogP contribution in [0.5, 0.6) is 0 Å². The minimum atomic E-state index is -0.878. The van der Waals surface area contributed by atoms with E-state index in [1.807, 2.05) is 0 Å². The van der Waals surface area contributed by atoms with Gasteiger partial charge in [-0.05, 0) is 37.5 Å². The third-order valence-corrected chi connectivity index (χ3v) is 4.65. The van der Waals surface area contributed by atoms with Gasteiger partial charge in [0, 0.05) is 13.1 Å². The summed E-state index contributed by atoms with van der Waals surface area (Å²) in [7, 11) is 0. The van der Waals surface area contributed by atoms with E-state index in [0.29, 0.717) is 24.9 Å². The van der Waals surface area contributed by atoms with Crippen LogP contribution in [0.15, 0.2) is 0 Å². The zero-order chi connectivity index (χ0) is 14.6. The van der Waals surface area contributed by atoms with Crippen molar-refractivity contribution in [3.8, 4) is 0 Å². The van der Waals surface area contributed by atoms with E-state index >= 15 is 0 Å². The highest BCUT2D eigenvalue weighted by Gasteiger charge is 2.42. The van der Waals surface area contributed by atoms with Gasteiger partial charge < -0.3 is 15.3 Å². The van der Waals surface area contributed by atoms with Crippen LogP contribution in [0.25, 0.3) is 0 Å². The van der Waals surface area contributed by atoms with Crippen molar-refractivity contribution in [3.63, 3.8) is 0 Å². The van der Waals surface area contributed by atoms with Crippen LogP contribution in [0, 0.1) is 5.41 Å². The second kappa shape index (κ2) is 6.46. The lowest BCUT2D eigenvalue weighted by Gasteiger charge is -2.28. The van der Waals surface area contributed by atoms with Crippen LogP contribution >= 0.6 is 0 Å². The Bertz CT molecular complexity index is 366. The molecule has 1 aliphatic heterocycles. The molecule has 1 aliphatic carbocycles. The van der Waals surface area contributed by atoms with Gasteiger partial charge in [-0.15, -0.1) is 0 Å². The number of rotatable bonds is 5. The maximum atomic E-state index is 12.3. The molecule has 5 nitrogen and oxygen atoms in total. The van der Waals surface area contributed by atoms with Gasteiger partial charge in [-0.1, -0.05) is 26.2 Å². The van der Waals surface area contributed by atoms with E-state index in [4.69, 9.17) is 0 Å². The molecule has 0 bridgehead atoms. The van der Waals surface area contributed by atoms with Crippen molar-refractivity contribution in [1.29, 1.82) is 0 Å². The zero-order valence-electron chi connectivity index (χ0n) is 12.4. The Morgan fingerprint density at radius 1 is 1.30 bits per heavy atom. The van der Waals surface area contributed by atoms with Crippen molar-refractivity contribution in [1.82, 2.24) is 10.2 Å². The Morgan fingerprint density at radius 2 is 2.05 bits per heavy atom. The fourth-order valence-electron chi connectivity index (χ4n) is 3.20. The molecule has 5 heteroatoms. The van der Waals surface area contributed by atoms with Gasteiger partial charge in [-0.25, -0.2) is 9.59 Å². The van der Waals surface area contributed by atoms with Crippen LogP contribution in [-0.2, 0) is 4.79 Å². The van der Waals surface area contributed by atoms with Gasteiger partial charge in [0.1, 0.15) is 6.04 Å². The average molecular weight is 282 g/mol. The second-order valence-electron chi connectivity index (χ2n) is 6.31. The molecule has 2 N–H and O–H groups in total. The molecule has 2 fully saturated rings. The van der Waals surface area contributed by atoms with Gasteiger partial charge in [0.05, 0.1) is 0 Å². The first kappa shape index (κ1) is 15.1. The molecule has 1 saturated carbocycles. The molecule has 20 heavy (non-hydrogen) atoms. The maximum Gasteiger partial charge on any atom is 0.326 e. The highest BCUT2D eigenvalue weighted by Crippen LogP contribution is 2.48. The third kappa shape index (κ3) is 3.64. The van der Waals surface area contributed by atoms with Gasteiger partial charge >= 0.3 is 12.0 Å². The first-order valence-corrected chi connectivity index (χ1v) is 7.85. The predicted octanol–water partition coefficient (Wildman–Crippen LogP) is 2.61. The lowest BCUT2D eigenvalue weighted by Crippen LogP contribution is -2.50. The van der Waals surface area contributed by atoms with E-state index in [0.717, 1.165) is 32.1 Å². The Kier molecular flexibility index (Phi) is 4.89. The van der Waals surface area contributed by atoms with Crippen LogP contribution in [0.3, 0.4) is 0 Å². The largest absolute Gasteiger partial charge is 0.480 e. The van der Waals surface area contributed by atoms with E-state index in [1.54, 1.807) is 0 Å². The Morgan fingerprint density at radius 3 is 2.65 bits per heavy atom. The number of likely N-dealkylation sites (tertiary alicyclic amines) is 1. The van der Waals surface area contributed by atoms with E-state index < -0.39 is 12.0 Å². The number of nitrogens with one attached hydrogen (secondary N) is 1. The molecule has 1 saturated heterocycles. The molecule has 0 aromatic rings. The molecule has 1 unspecified atom stereocenters. The summed E-state index contributed by atoms with van der Waals surface area (Å²) >= 11 is 0. The molecule has 1 heterocycles. The molecule has 0 aromatic carbocycles. The lowest BCUT2D eigenvalue weighted by atomic mass is 10.0. The predicted molar refractivity (Wildman–Crippen MR) is 76.6 cm³/mol. The third-order valence-electron chi connectivity index (χ3n) is 4.65. The van der Waals surface area contributed by atoms with Crippen molar-refractivity contribution in [2.24, 2.45) is 5.41 Å². The summed E-state index contributed by atoms with van der Waals surface area (Å²) < 4.78 is 0. The SMILES string of the molecule is CCCC1(CNC(=O)N2CCCCCC2C(=O)O)CC1.